The zero-order valence-corrected chi connectivity index (χ0v) is 10.9. The molecule has 0 aliphatic carbocycles. The monoisotopic (exact) mass is 247 g/mol. The van der Waals surface area contributed by atoms with Crippen LogP contribution in [0.3, 0.4) is 0 Å². The van der Waals surface area contributed by atoms with Crippen LogP contribution in [0.25, 0.3) is 0 Å². The van der Waals surface area contributed by atoms with E-state index in [1.807, 2.05) is 0 Å². The van der Waals surface area contributed by atoms with Crippen LogP contribution in [0.5, 0.6) is 0 Å². The Bertz CT molecular complexity index is 167. The molecular weight excluding hydrogens is 226 g/mol. The highest BCUT2D eigenvalue weighted by Crippen LogP contribution is 2.36. The van der Waals surface area contributed by atoms with Gasteiger partial charge in [0.1, 0.15) is 0 Å². The van der Waals surface area contributed by atoms with Gasteiger partial charge in [-0.3, -0.25) is 4.90 Å². The molecule has 1 aliphatic heterocycles. The van der Waals surface area contributed by atoms with Gasteiger partial charge in [0.25, 0.3) is 0 Å². The lowest BCUT2D eigenvalue weighted by Crippen LogP contribution is -2.38. The van der Waals surface area contributed by atoms with Crippen LogP contribution in [0.15, 0.2) is 0 Å². The number of halogens is 1. The number of hydrogen-bond donors (Lipinski definition) is 0. The summed E-state index contributed by atoms with van der Waals surface area (Å²) in [7, 11) is 0. The summed E-state index contributed by atoms with van der Waals surface area (Å²) in [5, 5.41) is 1.13. The molecule has 0 bridgehead atoms. The van der Waals surface area contributed by atoms with Crippen molar-refractivity contribution in [1.29, 1.82) is 0 Å². The third kappa shape index (κ3) is 2.69. The third-order valence-electron chi connectivity index (χ3n) is 3.20. The van der Waals surface area contributed by atoms with Gasteiger partial charge in [0.15, 0.2) is 0 Å². The molecule has 1 heterocycles. The molecular formula is C11H22BrN. The fraction of sp³-hybridized carbons (Fsp3) is 1.00. The molecule has 0 aromatic heterocycles. The highest BCUT2D eigenvalue weighted by atomic mass is 79.9. The van der Waals surface area contributed by atoms with E-state index in [-0.39, 0.29) is 0 Å². The van der Waals surface area contributed by atoms with Crippen molar-refractivity contribution in [2.45, 2.75) is 52.6 Å². The van der Waals surface area contributed by atoms with Gasteiger partial charge in [-0.1, -0.05) is 36.7 Å². The molecule has 0 spiro atoms. The van der Waals surface area contributed by atoms with Crippen LogP contribution >= 0.6 is 15.9 Å². The van der Waals surface area contributed by atoms with Crippen molar-refractivity contribution in [3.8, 4) is 0 Å². The molecule has 0 amide bonds. The van der Waals surface area contributed by atoms with E-state index in [9.17, 15) is 0 Å². The molecule has 0 radical (unpaired) electrons. The summed E-state index contributed by atoms with van der Waals surface area (Å²) < 4.78 is 0. The van der Waals surface area contributed by atoms with E-state index in [0.29, 0.717) is 5.41 Å². The van der Waals surface area contributed by atoms with Gasteiger partial charge in [-0.25, -0.2) is 0 Å². The van der Waals surface area contributed by atoms with E-state index in [0.717, 1.165) is 17.4 Å². The van der Waals surface area contributed by atoms with E-state index in [2.05, 4.69) is 48.5 Å². The smallest absolute Gasteiger partial charge is 0.0201 e. The summed E-state index contributed by atoms with van der Waals surface area (Å²) in [6.07, 6.45) is 2.60. The number of nitrogens with zero attached hydrogens (tertiary/aromatic N) is 1. The van der Waals surface area contributed by atoms with E-state index in [4.69, 9.17) is 0 Å². The molecule has 0 aromatic carbocycles. The molecule has 2 heteroatoms. The normalized spacial score (nSPS) is 30.7. The minimum Gasteiger partial charge on any atom is -0.296 e. The first-order valence-electron chi connectivity index (χ1n) is 5.32. The Kier molecular flexibility index (Phi) is 3.82. The Morgan fingerprint density at radius 1 is 1.54 bits per heavy atom. The lowest BCUT2D eigenvalue weighted by molar-refractivity contribution is 0.189. The SMILES string of the molecule is CCC(C)N1CC(C)(C)CC1CBr. The quantitative estimate of drug-likeness (QED) is 0.693. The van der Waals surface area contributed by atoms with Crippen LogP contribution in [0.1, 0.15) is 40.5 Å². The van der Waals surface area contributed by atoms with Crippen LogP contribution in [-0.2, 0) is 0 Å². The molecule has 0 aromatic rings. The van der Waals surface area contributed by atoms with Gasteiger partial charge in [-0.15, -0.1) is 0 Å². The summed E-state index contributed by atoms with van der Waals surface area (Å²) in [5.74, 6) is 0. The molecule has 13 heavy (non-hydrogen) atoms. The number of hydrogen-bond acceptors (Lipinski definition) is 1. The Morgan fingerprint density at radius 2 is 2.15 bits per heavy atom. The minimum atomic E-state index is 0.516. The molecule has 2 atom stereocenters. The van der Waals surface area contributed by atoms with Gasteiger partial charge < -0.3 is 0 Å². The summed E-state index contributed by atoms with van der Waals surface area (Å²) in [6, 6.07) is 1.49. The first-order chi connectivity index (χ1) is 6.00. The van der Waals surface area contributed by atoms with Gasteiger partial charge >= 0.3 is 0 Å². The Hall–Kier alpha value is 0.440. The molecule has 1 rings (SSSR count). The highest BCUT2D eigenvalue weighted by Gasteiger charge is 2.38. The Balaban J connectivity index is 2.63. The molecule has 0 N–H and O–H groups in total. The van der Waals surface area contributed by atoms with Crippen molar-refractivity contribution in [3.63, 3.8) is 0 Å². The molecule has 1 saturated heterocycles. The minimum absolute atomic E-state index is 0.516. The standard InChI is InChI=1S/C11H22BrN/c1-5-9(2)13-8-11(3,4)6-10(13)7-12/h9-10H,5-8H2,1-4H3. The molecule has 2 unspecified atom stereocenters. The molecule has 1 nitrogen and oxygen atoms in total. The van der Waals surface area contributed by atoms with Crippen LogP contribution in [0.4, 0.5) is 0 Å². The van der Waals surface area contributed by atoms with Crippen molar-refractivity contribution < 1.29 is 0 Å². The van der Waals surface area contributed by atoms with Crippen molar-refractivity contribution in [2.24, 2.45) is 5.41 Å². The summed E-state index contributed by atoms with van der Waals surface area (Å²) in [5.41, 5.74) is 0.516. The van der Waals surface area contributed by atoms with E-state index < -0.39 is 0 Å². The average molecular weight is 248 g/mol. The average Bonchev–Trinajstić information content (AvgIpc) is 2.39. The lowest BCUT2D eigenvalue weighted by atomic mass is 9.91. The van der Waals surface area contributed by atoms with Gasteiger partial charge in [-0.05, 0) is 25.2 Å². The second-order valence-corrected chi connectivity index (χ2v) is 5.75. The topological polar surface area (TPSA) is 3.24 Å². The Labute approximate surface area is 91.0 Å². The van der Waals surface area contributed by atoms with Gasteiger partial charge in [0, 0.05) is 24.0 Å². The van der Waals surface area contributed by atoms with E-state index in [1.165, 1.54) is 19.4 Å². The summed E-state index contributed by atoms with van der Waals surface area (Å²) in [4.78, 5) is 2.66. The van der Waals surface area contributed by atoms with Crippen molar-refractivity contribution in [2.75, 3.05) is 11.9 Å². The van der Waals surface area contributed by atoms with Crippen LogP contribution in [-0.4, -0.2) is 28.9 Å². The molecule has 1 fully saturated rings. The predicted octanol–water partition coefficient (Wildman–Crippen LogP) is 3.28. The second-order valence-electron chi connectivity index (χ2n) is 5.11. The molecule has 78 valence electrons. The zero-order valence-electron chi connectivity index (χ0n) is 9.31. The zero-order chi connectivity index (χ0) is 10.1. The maximum Gasteiger partial charge on any atom is 0.0201 e. The fourth-order valence-corrected chi connectivity index (χ4v) is 2.94. The third-order valence-corrected chi connectivity index (χ3v) is 3.95. The van der Waals surface area contributed by atoms with Crippen molar-refractivity contribution >= 4 is 15.9 Å². The number of alkyl halides is 1. The Morgan fingerprint density at radius 3 is 2.62 bits per heavy atom. The highest BCUT2D eigenvalue weighted by molar-refractivity contribution is 9.09. The first-order valence-corrected chi connectivity index (χ1v) is 6.44. The summed E-state index contributed by atoms with van der Waals surface area (Å²) >= 11 is 3.62. The van der Waals surface area contributed by atoms with Crippen molar-refractivity contribution in [1.82, 2.24) is 4.90 Å². The van der Waals surface area contributed by atoms with Gasteiger partial charge in [0.2, 0.25) is 0 Å². The molecule has 0 saturated carbocycles. The largest absolute Gasteiger partial charge is 0.296 e. The molecule has 1 aliphatic rings. The predicted molar refractivity (Wildman–Crippen MR) is 62.4 cm³/mol. The summed E-state index contributed by atoms with van der Waals surface area (Å²) in [6.45, 7) is 10.6. The van der Waals surface area contributed by atoms with Gasteiger partial charge in [-0.2, -0.15) is 0 Å². The maximum absolute atomic E-state index is 3.62. The number of likely N-dealkylation sites (tertiary alicyclic amines) is 1. The van der Waals surface area contributed by atoms with Crippen LogP contribution in [0.2, 0.25) is 0 Å². The van der Waals surface area contributed by atoms with Crippen molar-refractivity contribution in [3.05, 3.63) is 0 Å². The maximum atomic E-state index is 3.62. The van der Waals surface area contributed by atoms with Crippen LogP contribution in [0, 0.1) is 5.41 Å². The van der Waals surface area contributed by atoms with Crippen LogP contribution < -0.4 is 0 Å². The van der Waals surface area contributed by atoms with E-state index >= 15 is 0 Å². The number of rotatable bonds is 3. The van der Waals surface area contributed by atoms with E-state index in [1.54, 1.807) is 0 Å². The van der Waals surface area contributed by atoms with Gasteiger partial charge in [0.05, 0.1) is 0 Å². The lowest BCUT2D eigenvalue weighted by Gasteiger charge is -2.29. The fourth-order valence-electron chi connectivity index (χ4n) is 2.34. The second kappa shape index (κ2) is 4.31. The first kappa shape index (κ1) is 11.5.